The molecular formula is C13H8ClN3OS. The van der Waals surface area contributed by atoms with E-state index in [0.717, 1.165) is 5.56 Å². The van der Waals surface area contributed by atoms with Crippen molar-refractivity contribution < 1.29 is 4.79 Å². The third-order valence-electron chi connectivity index (χ3n) is 2.20. The van der Waals surface area contributed by atoms with Crippen LogP contribution in [0.2, 0.25) is 5.02 Å². The Morgan fingerprint density at radius 1 is 1.42 bits per heavy atom. The van der Waals surface area contributed by atoms with E-state index in [4.69, 9.17) is 16.9 Å². The zero-order valence-electron chi connectivity index (χ0n) is 9.63. The van der Waals surface area contributed by atoms with Crippen molar-refractivity contribution in [1.82, 2.24) is 4.98 Å². The SMILES string of the molecule is N#CC(=Cc1ccc(Cl)cc1)C(=O)Nc1nccs1. The van der Waals surface area contributed by atoms with Crippen LogP contribution in [0.3, 0.4) is 0 Å². The lowest BCUT2D eigenvalue weighted by Crippen LogP contribution is -2.13. The molecule has 1 aromatic carbocycles. The number of rotatable bonds is 3. The molecule has 0 spiro atoms. The van der Waals surface area contributed by atoms with Gasteiger partial charge in [0.05, 0.1) is 0 Å². The molecule has 0 unspecified atom stereocenters. The van der Waals surface area contributed by atoms with Gasteiger partial charge in [0, 0.05) is 16.6 Å². The maximum absolute atomic E-state index is 11.9. The van der Waals surface area contributed by atoms with E-state index in [2.05, 4.69) is 10.3 Å². The van der Waals surface area contributed by atoms with E-state index in [-0.39, 0.29) is 5.57 Å². The Hall–Kier alpha value is -2.16. The molecule has 1 amide bonds. The third-order valence-corrected chi connectivity index (χ3v) is 3.14. The predicted molar refractivity (Wildman–Crippen MR) is 75.8 cm³/mol. The summed E-state index contributed by atoms with van der Waals surface area (Å²) in [6.07, 6.45) is 3.08. The van der Waals surface area contributed by atoms with Crippen molar-refractivity contribution >= 4 is 40.1 Å². The van der Waals surface area contributed by atoms with Gasteiger partial charge in [-0.15, -0.1) is 11.3 Å². The Kier molecular flexibility index (Phi) is 4.29. The fourth-order valence-electron chi connectivity index (χ4n) is 1.32. The van der Waals surface area contributed by atoms with E-state index < -0.39 is 5.91 Å². The van der Waals surface area contributed by atoms with Crippen LogP contribution in [0.5, 0.6) is 0 Å². The van der Waals surface area contributed by atoms with Gasteiger partial charge in [-0.1, -0.05) is 23.7 Å². The Bertz CT molecular complexity index is 642. The van der Waals surface area contributed by atoms with Gasteiger partial charge in [0.15, 0.2) is 5.13 Å². The average Bonchev–Trinajstić information content (AvgIpc) is 2.90. The Morgan fingerprint density at radius 2 is 2.16 bits per heavy atom. The van der Waals surface area contributed by atoms with Crippen LogP contribution in [0.15, 0.2) is 41.4 Å². The quantitative estimate of drug-likeness (QED) is 0.696. The minimum Gasteiger partial charge on any atom is -0.297 e. The molecule has 19 heavy (non-hydrogen) atoms. The lowest BCUT2D eigenvalue weighted by Gasteiger charge is -2.00. The predicted octanol–water partition coefficient (Wildman–Crippen LogP) is 3.34. The van der Waals surface area contributed by atoms with E-state index in [9.17, 15) is 4.79 Å². The number of amides is 1. The van der Waals surface area contributed by atoms with Gasteiger partial charge in [0.25, 0.3) is 5.91 Å². The first-order chi connectivity index (χ1) is 9.19. The highest BCUT2D eigenvalue weighted by atomic mass is 35.5. The van der Waals surface area contributed by atoms with Gasteiger partial charge in [-0.05, 0) is 23.8 Å². The van der Waals surface area contributed by atoms with Gasteiger partial charge >= 0.3 is 0 Å². The van der Waals surface area contributed by atoms with Crippen molar-refractivity contribution in [3.05, 3.63) is 52.0 Å². The largest absolute Gasteiger partial charge is 0.297 e. The molecule has 0 aliphatic rings. The van der Waals surface area contributed by atoms with E-state index in [0.29, 0.717) is 10.2 Å². The summed E-state index contributed by atoms with van der Waals surface area (Å²) in [6.45, 7) is 0. The van der Waals surface area contributed by atoms with Crippen LogP contribution in [0.1, 0.15) is 5.56 Å². The van der Waals surface area contributed by atoms with Crippen molar-refractivity contribution in [3.63, 3.8) is 0 Å². The van der Waals surface area contributed by atoms with Crippen LogP contribution in [0.25, 0.3) is 6.08 Å². The Labute approximate surface area is 119 Å². The molecule has 1 heterocycles. The minimum atomic E-state index is -0.479. The third kappa shape index (κ3) is 3.65. The minimum absolute atomic E-state index is 0.0116. The maximum atomic E-state index is 11.9. The first-order valence-electron chi connectivity index (χ1n) is 5.27. The number of nitriles is 1. The second kappa shape index (κ2) is 6.14. The standard InChI is InChI=1S/C13H8ClN3OS/c14-11-3-1-9(2-4-11)7-10(8-15)12(18)17-13-16-5-6-19-13/h1-7H,(H,16,17,18). The molecule has 0 saturated heterocycles. The molecule has 0 saturated carbocycles. The van der Waals surface area contributed by atoms with Crippen LogP contribution < -0.4 is 5.32 Å². The monoisotopic (exact) mass is 289 g/mol. The van der Waals surface area contributed by atoms with Gasteiger partial charge in [-0.2, -0.15) is 5.26 Å². The number of carbonyl (C=O) groups excluding carboxylic acids is 1. The number of thiazole rings is 1. The highest BCUT2D eigenvalue weighted by Gasteiger charge is 2.10. The number of benzene rings is 1. The molecule has 4 nitrogen and oxygen atoms in total. The summed E-state index contributed by atoms with van der Waals surface area (Å²) in [5.41, 5.74) is 0.743. The van der Waals surface area contributed by atoms with Crippen molar-refractivity contribution in [3.8, 4) is 6.07 Å². The molecule has 0 fully saturated rings. The number of nitrogens with zero attached hydrogens (tertiary/aromatic N) is 2. The van der Waals surface area contributed by atoms with E-state index >= 15 is 0 Å². The fraction of sp³-hybridized carbons (Fsp3) is 0. The molecule has 2 rings (SSSR count). The number of halogens is 1. The molecular weight excluding hydrogens is 282 g/mol. The van der Waals surface area contributed by atoms with E-state index in [1.54, 1.807) is 35.8 Å². The summed E-state index contributed by atoms with van der Waals surface area (Å²) < 4.78 is 0. The van der Waals surface area contributed by atoms with Crippen LogP contribution >= 0.6 is 22.9 Å². The summed E-state index contributed by atoms with van der Waals surface area (Å²) in [5.74, 6) is -0.479. The first-order valence-corrected chi connectivity index (χ1v) is 6.53. The molecule has 94 valence electrons. The highest BCUT2D eigenvalue weighted by Crippen LogP contribution is 2.15. The maximum Gasteiger partial charge on any atom is 0.268 e. The second-order valence-corrected chi connectivity index (χ2v) is 4.84. The van der Waals surface area contributed by atoms with Gasteiger partial charge in [0.2, 0.25) is 0 Å². The molecule has 2 aromatic rings. The van der Waals surface area contributed by atoms with Crippen LogP contribution in [0.4, 0.5) is 5.13 Å². The van der Waals surface area contributed by atoms with Gasteiger partial charge in [-0.3, -0.25) is 10.1 Å². The number of hydrogen-bond acceptors (Lipinski definition) is 4. The molecule has 0 atom stereocenters. The van der Waals surface area contributed by atoms with Crippen molar-refractivity contribution in [1.29, 1.82) is 5.26 Å². The molecule has 0 aliphatic carbocycles. The topological polar surface area (TPSA) is 65.8 Å². The van der Waals surface area contributed by atoms with Crippen molar-refractivity contribution in [2.45, 2.75) is 0 Å². The Morgan fingerprint density at radius 3 is 2.74 bits per heavy atom. The van der Waals surface area contributed by atoms with Crippen LogP contribution in [-0.4, -0.2) is 10.9 Å². The number of anilines is 1. The lowest BCUT2D eigenvalue weighted by molar-refractivity contribution is -0.112. The van der Waals surface area contributed by atoms with Crippen LogP contribution in [0, 0.1) is 11.3 Å². The second-order valence-electron chi connectivity index (χ2n) is 3.51. The number of nitrogens with one attached hydrogen (secondary N) is 1. The zero-order valence-corrected chi connectivity index (χ0v) is 11.2. The summed E-state index contributed by atoms with van der Waals surface area (Å²) in [6, 6.07) is 8.73. The summed E-state index contributed by atoms with van der Waals surface area (Å²) >= 11 is 7.06. The number of hydrogen-bond donors (Lipinski definition) is 1. The summed E-state index contributed by atoms with van der Waals surface area (Å²) in [4.78, 5) is 15.8. The fourth-order valence-corrected chi connectivity index (χ4v) is 1.97. The average molecular weight is 290 g/mol. The number of carbonyl (C=O) groups is 1. The smallest absolute Gasteiger partial charge is 0.268 e. The Balaban J connectivity index is 2.17. The summed E-state index contributed by atoms with van der Waals surface area (Å²) in [5, 5.41) is 14.4. The zero-order chi connectivity index (χ0) is 13.7. The van der Waals surface area contributed by atoms with Crippen LogP contribution in [-0.2, 0) is 4.79 Å². The van der Waals surface area contributed by atoms with Crippen molar-refractivity contribution in [2.75, 3.05) is 5.32 Å². The molecule has 1 N–H and O–H groups in total. The molecule has 1 aromatic heterocycles. The molecule has 0 aliphatic heterocycles. The summed E-state index contributed by atoms with van der Waals surface area (Å²) in [7, 11) is 0. The first kappa shape index (κ1) is 13.3. The highest BCUT2D eigenvalue weighted by molar-refractivity contribution is 7.13. The van der Waals surface area contributed by atoms with E-state index in [1.165, 1.54) is 17.4 Å². The van der Waals surface area contributed by atoms with Gasteiger partial charge in [0.1, 0.15) is 11.6 Å². The molecule has 0 bridgehead atoms. The normalized spacial score (nSPS) is 10.8. The van der Waals surface area contributed by atoms with Crippen molar-refractivity contribution in [2.24, 2.45) is 0 Å². The lowest BCUT2D eigenvalue weighted by atomic mass is 10.1. The van der Waals surface area contributed by atoms with Gasteiger partial charge in [-0.25, -0.2) is 4.98 Å². The number of aromatic nitrogens is 1. The van der Waals surface area contributed by atoms with Gasteiger partial charge < -0.3 is 0 Å². The molecule has 6 heteroatoms. The van der Waals surface area contributed by atoms with E-state index in [1.807, 2.05) is 6.07 Å². The molecule has 0 radical (unpaired) electrons.